The lowest BCUT2D eigenvalue weighted by Gasteiger charge is -2.05. The van der Waals surface area contributed by atoms with E-state index in [0.29, 0.717) is 16.3 Å². The number of thiophene rings is 1. The zero-order valence-electron chi connectivity index (χ0n) is 11.9. The van der Waals surface area contributed by atoms with E-state index in [1.807, 2.05) is 5.38 Å². The maximum absolute atomic E-state index is 11.8. The van der Waals surface area contributed by atoms with Crippen LogP contribution >= 0.6 is 11.3 Å². The number of carbonyl (C=O) groups excluding carboxylic acids is 2. The molecule has 114 valence electrons. The number of benzene rings is 1. The van der Waals surface area contributed by atoms with E-state index in [9.17, 15) is 9.59 Å². The molecule has 2 amide bonds. The van der Waals surface area contributed by atoms with E-state index >= 15 is 0 Å². The Balaban J connectivity index is 1.96. The van der Waals surface area contributed by atoms with E-state index < -0.39 is 5.91 Å². The van der Waals surface area contributed by atoms with Crippen molar-refractivity contribution < 1.29 is 14.3 Å². The topological polar surface area (TPSA) is 93.8 Å². The SMILES string of the molecule is C/C(=N/NC(=O)c1cccs1)c1ccc(OCC(N)=O)cc1. The van der Waals surface area contributed by atoms with Gasteiger partial charge >= 0.3 is 0 Å². The summed E-state index contributed by atoms with van der Waals surface area (Å²) in [5, 5.41) is 5.89. The molecule has 0 saturated carbocycles. The van der Waals surface area contributed by atoms with Crippen molar-refractivity contribution in [2.24, 2.45) is 10.8 Å². The van der Waals surface area contributed by atoms with Gasteiger partial charge in [-0.3, -0.25) is 9.59 Å². The Morgan fingerprint density at radius 3 is 2.59 bits per heavy atom. The van der Waals surface area contributed by atoms with Crippen LogP contribution in [0.2, 0.25) is 0 Å². The molecule has 2 rings (SSSR count). The first-order valence-corrected chi connectivity index (χ1v) is 7.34. The van der Waals surface area contributed by atoms with Gasteiger partial charge in [-0.25, -0.2) is 5.43 Å². The van der Waals surface area contributed by atoms with E-state index in [-0.39, 0.29) is 12.5 Å². The summed E-state index contributed by atoms with van der Waals surface area (Å²) < 4.78 is 5.17. The summed E-state index contributed by atoms with van der Waals surface area (Å²) in [6, 6.07) is 10.5. The van der Waals surface area contributed by atoms with Crippen molar-refractivity contribution in [1.82, 2.24) is 5.43 Å². The first kappa shape index (κ1) is 15.7. The molecular weight excluding hydrogens is 302 g/mol. The van der Waals surface area contributed by atoms with Gasteiger partial charge in [-0.1, -0.05) is 6.07 Å². The van der Waals surface area contributed by atoms with Crippen LogP contribution in [0.3, 0.4) is 0 Å². The van der Waals surface area contributed by atoms with Gasteiger partial charge < -0.3 is 10.5 Å². The Morgan fingerprint density at radius 1 is 1.27 bits per heavy atom. The molecule has 7 heteroatoms. The predicted octanol–water partition coefficient (Wildman–Crippen LogP) is 1.77. The van der Waals surface area contributed by atoms with Gasteiger partial charge in [0.25, 0.3) is 11.8 Å². The van der Waals surface area contributed by atoms with Crippen molar-refractivity contribution in [1.29, 1.82) is 0 Å². The van der Waals surface area contributed by atoms with Crippen molar-refractivity contribution in [3.8, 4) is 5.75 Å². The standard InChI is InChI=1S/C15H15N3O3S/c1-10(17-18-15(20)13-3-2-8-22-13)11-4-6-12(7-5-11)21-9-14(16)19/h2-8H,9H2,1H3,(H2,16,19)(H,18,20)/b17-10-. The summed E-state index contributed by atoms with van der Waals surface area (Å²) in [5.41, 5.74) is 9.00. The Kier molecular flexibility index (Phi) is 5.26. The van der Waals surface area contributed by atoms with Crippen LogP contribution in [0, 0.1) is 0 Å². The van der Waals surface area contributed by atoms with E-state index in [1.54, 1.807) is 43.3 Å². The molecule has 0 saturated heterocycles. The lowest BCUT2D eigenvalue weighted by atomic mass is 10.1. The number of nitrogens with zero attached hydrogens (tertiary/aromatic N) is 1. The molecule has 0 radical (unpaired) electrons. The molecule has 1 aromatic carbocycles. The quantitative estimate of drug-likeness (QED) is 0.628. The number of hydrogen-bond acceptors (Lipinski definition) is 5. The number of nitrogens with two attached hydrogens (primary N) is 1. The van der Waals surface area contributed by atoms with E-state index in [0.717, 1.165) is 5.56 Å². The van der Waals surface area contributed by atoms with Gasteiger partial charge in [0.05, 0.1) is 10.6 Å². The van der Waals surface area contributed by atoms with Crippen LogP contribution in [-0.2, 0) is 4.79 Å². The molecule has 22 heavy (non-hydrogen) atoms. The van der Waals surface area contributed by atoms with Crippen LogP contribution in [0.25, 0.3) is 0 Å². The minimum Gasteiger partial charge on any atom is -0.484 e. The van der Waals surface area contributed by atoms with Crippen molar-refractivity contribution in [2.45, 2.75) is 6.92 Å². The molecule has 0 unspecified atom stereocenters. The summed E-state index contributed by atoms with van der Waals surface area (Å²) in [6.07, 6.45) is 0. The third-order valence-electron chi connectivity index (χ3n) is 2.72. The minimum absolute atomic E-state index is 0.163. The predicted molar refractivity (Wildman–Crippen MR) is 85.1 cm³/mol. The molecular formula is C15H15N3O3S. The lowest BCUT2D eigenvalue weighted by molar-refractivity contribution is -0.119. The minimum atomic E-state index is -0.530. The van der Waals surface area contributed by atoms with Crippen molar-refractivity contribution in [3.63, 3.8) is 0 Å². The molecule has 0 atom stereocenters. The summed E-state index contributed by atoms with van der Waals surface area (Å²) in [7, 11) is 0. The van der Waals surface area contributed by atoms with E-state index in [1.165, 1.54) is 11.3 Å². The number of nitrogens with one attached hydrogen (secondary N) is 1. The second-order valence-electron chi connectivity index (χ2n) is 4.39. The van der Waals surface area contributed by atoms with Crippen LogP contribution in [0.5, 0.6) is 5.75 Å². The second kappa shape index (κ2) is 7.37. The summed E-state index contributed by atoms with van der Waals surface area (Å²) in [6.45, 7) is 1.62. The first-order chi connectivity index (χ1) is 10.6. The van der Waals surface area contributed by atoms with Crippen LogP contribution in [-0.4, -0.2) is 24.1 Å². The van der Waals surface area contributed by atoms with Gasteiger partial charge in [0.2, 0.25) is 0 Å². The van der Waals surface area contributed by atoms with Gasteiger partial charge in [-0.05, 0) is 48.2 Å². The molecule has 0 aliphatic heterocycles. The Morgan fingerprint density at radius 2 is 2.00 bits per heavy atom. The number of rotatable bonds is 6. The first-order valence-electron chi connectivity index (χ1n) is 6.46. The van der Waals surface area contributed by atoms with Crippen molar-refractivity contribution in [3.05, 3.63) is 52.2 Å². The fourth-order valence-electron chi connectivity index (χ4n) is 1.61. The number of ether oxygens (including phenoxy) is 1. The average Bonchev–Trinajstić information content (AvgIpc) is 3.05. The molecule has 0 aliphatic rings. The zero-order chi connectivity index (χ0) is 15.9. The summed E-state index contributed by atoms with van der Waals surface area (Å²) in [4.78, 5) is 23.0. The zero-order valence-corrected chi connectivity index (χ0v) is 12.7. The molecule has 6 nitrogen and oxygen atoms in total. The second-order valence-corrected chi connectivity index (χ2v) is 5.34. The summed E-state index contributed by atoms with van der Waals surface area (Å²) in [5.74, 6) is -0.230. The van der Waals surface area contributed by atoms with Crippen LogP contribution in [0.1, 0.15) is 22.2 Å². The number of carbonyl (C=O) groups is 2. The third-order valence-corrected chi connectivity index (χ3v) is 3.59. The molecule has 2 aromatic rings. The highest BCUT2D eigenvalue weighted by Crippen LogP contribution is 2.13. The number of hydrazone groups is 1. The maximum atomic E-state index is 11.8. The average molecular weight is 317 g/mol. The molecule has 1 aromatic heterocycles. The number of amides is 2. The van der Waals surface area contributed by atoms with E-state index in [2.05, 4.69) is 10.5 Å². The smallest absolute Gasteiger partial charge is 0.281 e. The molecule has 0 aliphatic carbocycles. The summed E-state index contributed by atoms with van der Waals surface area (Å²) >= 11 is 1.35. The molecule has 1 heterocycles. The highest BCUT2D eigenvalue weighted by molar-refractivity contribution is 7.12. The fraction of sp³-hybridized carbons (Fsp3) is 0.133. The highest BCUT2D eigenvalue weighted by Gasteiger charge is 2.05. The normalized spacial score (nSPS) is 11.0. The van der Waals surface area contributed by atoms with Gasteiger partial charge in [0, 0.05) is 0 Å². The van der Waals surface area contributed by atoms with Crippen molar-refractivity contribution >= 4 is 28.9 Å². The molecule has 0 bridgehead atoms. The van der Waals surface area contributed by atoms with Crippen molar-refractivity contribution in [2.75, 3.05) is 6.61 Å². The lowest BCUT2D eigenvalue weighted by Crippen LogP contribution is -2.20. The van der Waals surface area contributed by atoms with Gasteiger partial charge in [0.15, 0.2) is 6.61 Å². The van der Waals surface area contributed by atoms with Crippen LogP contribution < -0.4 is 15.9 Å². The van der Waals surface area contributed by atoms with Crippen LogP contribution in [0.15, 0.2) is 46.9 Å². The maximum Gasteiger partial charge on any atom is 0.281 e. The van der Waals surface area contributed by atoms with Gasteiger partial charge in [-0.15, -0.1) is 11.3 Å². The molecule has 0 fully saturated rings. The fourth-order valence-corrected chi connectivity index (χ4v) is 2.22. The third kappa shape index (κ3) is 4.42. The Hall–Kier alpha value is -2.67. The molecule has 3 N–H and O–H groups in total. The largest absolute Gasteiger partial charge is 0.484 e. The Bertz CT molecular complexity index is 679. The number of primary amides is 1. The number of hydrogen-bond donors (Lipinski definition) is 2. The van der Waals surface area contributed by atoms with Crippen LogP contribution in [0.4, 0.5) is 0 Å². The highest BCUT2D eigenvalue weighted by atomic mass is 32.1. The molecule has 0 spiro atoms. The Labute approximate surface area is 131 Å². The van der Waals surface area contributed by atoms with Gasteiger partial charge in [-0.2, -0.15) is 5.10 Å². The van der Waals surface area contributed by atoms with E-state index in [4.69, 9.17) is 10.5 Å². The van der Waals surface area contributed by atoms with Gasteiger partial charge in [0.1, 0.15) is 5.75 Å². The monoisotopic (exact) mass is 317 g/mol.